The molecule has 40 heavy (non-hydrogen) atoms. The van der Waals surface area contributed by atoms with E-state index >= 15 is 0 Å². The highest BCUT2D eigenvalue weighted by atomic mass is 16.5. The van der Waals surface area contributed by atoms with E-state index in [1.54, 1.807) is 12.1 Å². The summed E-state index contributed by atoms with van der Waals surface area (Å²) in [5, 5.41) is 26.2. The molecule has 0 unspecified atom stereocenters. The Morgan fingerprint density at radius 2 is 1.60 bits per heavy atom. The van der Waals surface area contributed by atoms with Gasteiger partial charge in [0.15, 0.2) is 17.3 Å². The van der Waals surface area contributed by atoms with Crippen LogP contribution in [-0.4, -0.2) is 74.3 Å². The summed E-state index contributed by atoms with van der Waals surface area (Å²) in [6.45, 7) is 1.12. The van der Waals surface area contributed by atoms with Gasteiger partial charge in [0.2, 0.25) is 0 Å². The Hall–Kier alpha value is -4.57. The second-order valence-corrected chi connectivity index (χ2v) is 9.76. The molecule has 2 atom stereocenters. The van der Waals surface area contributed by atoms with Crippen molar-refractivity contribution in [3.8, 4) is 17.2 Å². The maximum Gasteiger partial charge on any atom is 0.338 e. The molecule has 1 amide bonds. The Labute approximate surface area is 232 Å². The van der Waals surface area contributed by atoms with E-state index in [-0.39, 0.29) is 34.2 Å². The molecule has 4 rings (SSSR count). The molecular formula is C30H33N3O7. The predicted molar refractivity (Wildman–Crippen MR) is 150 cm³/mol. The molecule has 4 N–H and O–H groups in total. The molecule has 0 aliphatic carbocycles. The number of nitrogens with zero attached hydrogens (tertiary/aromatic N) is 1. The summed E-state index contributed by atoms with van der Waals surface area (Å²) in [6.07, 6.45) is 0.707. The summed E-state index contributed by atoms with van der Waals surface area (Å²) >= 11 is 0. The minimum atomic E-state index is -0.586. The van der Waals surface area contributed by atoms with Crippen molar-refractivity contribution in [3.63, 3.8) is 0 Å². The first-order valence-electron chi connectivity index (χ1n) is 12.9. The zero-order chi connectivity index (χ0) is 28.8. The monoisotopic (exact) mass is 547 g/mol. The molecule has 0 aromatic heterocycles. The van der Waals surface area contributed by atoms with Gasteiger partial charge in [0, 0.05) is 37.5 Å². The van der Waals surface area contributed by atoms with Gasteiger partial charge in [-0.3, -0.25) is 9.59 Å². The van der Waals surface area contributed by atoms with Gasteiger partial charge in [-0.05, 0) is 67.9 Å². The van der Waals surface area contributed by atoms with E-state index in [2.05, 4.69) is 10.6 Å². The number of carbonyl (C=O) groups is 3. The minimum absolute atomic E-state index is 0.0754. The third-order valence-electron chi connectivity index (χ3n) is 6.80. The number of ketones is 1. The summed E-state index contributed by atoms with van der Waals surface area (Å²) in [5.41, 5.74) is 1.80. The lowest BCUT2D eigenvalue weighted by Crippen LogP contribution is -2.49. The molecule has 210 valence electrons. The normalized spacial score (nSPS) is 16.9. The molecular weight excluding hydrogens is 514 g/mol. The van der Waals surface area contributed by atoms with Crippen molar-refractivity contribution in [3.05, 3.63) is 82.9 Å². The first-order valence-corrected chi connectivity index (χ1v) is 12.9. The quantitative estimate of drug-likeness (QED) is 0.248. The van der Waals surface area contributed by atoms with Crippen LogP contribution >= 0.6 is 0 Å². The lowest BCUT2D eigenvalue weighted by atomic mass is 10.0. The van der Waals surface area contributed by atoms with Crippen LogP contribution in [0.2, 0.25) is 0 Å². The van der Waals surface area contributed by atoms with Crippen molar-refractivity contribution >= 4 is 23.3 Å². The average Bonchev–Trinajstić information content (AvgIpc) is 3.17. The molecule has 0 saturated carbocycles. The molecule has 0 spiro atoms. The number of ether oxygens (including phenoxy) is 2. The zero-order valence-corrected chi connectivity index (χ0v) is 22.6. The first kappa shape index (κ1) is 28.4. The summed E-state index contributed by atoms with van der Waals surface area (Å²) < 4.78 is 10.9. The second-order valence-electron chi connectivity index (χ2n) is 9.76. The molecule has 1 saturated heterocycles. The van der Waals surface area contributed by atoms with Crippen LogP contribution in [0.4, 0.5) is 5.69 Å². The lowest BCUT2D eigenvalue weighted by molar-refractivity contribution is 0.0192. The number of methoxy groups -OCH3 is 1. The number of hydrogen-bond donors (Lipinski definition) is 4. The van der Waals surface area contributed by atoms with Crippen LogP contribution in [0.1, 0.15) is 49.5 Å². The number of esters is 1. The van der Waals surface area contributed by atoms with E-state index in [0.29, 0.717) is 30.6 Å². The number of phenolic OH excluding ortho intramolecular Hbond substituents is 2. The summed E-state index contributed by atoms with van der Waals surface area (Å²) in [6, 6.07) is 14.7. The maximum absolute atomic E-state index is 13.0. The second kappa shape index (κ2) is 12.5. The van der Waals surface area contributed by atoms with Gasteiger partial charge >= 0.3 is 5.97 Å². The van der Waals surface area contributed by atoms with E-state index < -0.39 is 24.0 Å². The largest absolute Gasteiger partial charge is 0.507 e. The highest BCUT2D eigenvalue weighted by Gasteiger charge is 2.29. The van der Waals surface area contributed by atoms with Crippen LogP contribution in [0.5, 0.6) is 17.2 Å². The van der Waals surface area contributed by atoms with Crippen molar-refractivity contribution in [1.82, 2.24) is 10.6 Å². The van der Waals surface area contributed by atoms with Crippen molar-refractivity contribution in [2.75, 3.05) is 39.2 Å². The van der Waals surface area contributed by atoms with Crippen molar-refractivity contribution in [2.45, 2.75) is 25.0 Å². The molecule has 10 nitrogen and oxygen atoms in total. The van der Waals surface area contributed by atoms with E-state index in [9.17, 15) is 24.6 Å². The van der Waals surface area contributed by atoms with Gasteiger partial charge in [-0.1, -0.05) is 12.1 Å². The van der Waals surface area contributed by atoms with Gasteiger partial charge in [-0.15, -0.1) is 0 Å². The van der Waals surface area contributed by atoms with Crippen LogP contribution in [0.15, 0.2) is 60.7 Å². The fraction of sp³-hybridized carbons (Fsp3) is 0.300. The van der Waals surface area contributed by atoms with E-state index in [1.165, 1.54) is 55.6 Å². The lowest BCUT2D eigenvalue weighted by Gasteiger charge is -2.26. The molecule has 0 radical (unpaired) electrons. The number of rotatable bonds is 8. The molecule has 3 aromatic carbocycles. The number of anilines is 1. The number of phenols is 2. The number of nitrogens with one attached hydrogen (secondary N) is 2. The van der Waals surface area contributed by atoms with Crippen molar-refractivity contribution < 1.29 is 34.1 Å². The Kier molecular flexibility index (Phi) is 8.90. The van der Waals surface area contributed by atoms with Crippen LogP contribution in [0.25, 0.3) is 0 Å². The molecule has 10 heteroatoms. The van der Waals surface area contributed by atoms with Crippen molar-refractivity contribution in [2.24, 2.45) is 0 Å². The molecule has 1 fully saturated rings. The van der Waals surface area contributed by atoms with Gasteiger partial charge in [-0.25, -0.2) is 4.79 Å². The molecule has 1 aliphatic heterocycles. The van der Waals surface area contributed by atoms with Crippen LogP contribution in [0, 0.1) is 0 Å². The topological polar surface area (TPSA) is 137 Å². The number of carbonyl (C=O) groups excluding carboxylic acids is 3. The van der Waals surface area contributed by atoms with E-state index in [4.69, 9.17) is 9.47 Å². The summed E-state index contributed by atoms with van der Waals surface area (Å²) in [5.74, 6) is -1.36. The van der Waals surface area contributed by atoms with Crippen molar-refractivity contribution in [1.29, 1.82) is 0 Å². The SMILES string of the molecule is COc1cc(C(=O)N[C@@H]2CNCCC[C@H]2OC(=O)c2ccc(C(=O)c3cc(N(C)C)ccc3O)cc2)ccc1O. The third-order valence-corrected chi connectivity index (χ3v) is 6.80. The highest BCUT2D eigenvalue weighted by Crippen LogP contribution is 2.27. The standard InChI is InChI=1S/C30H33N3O7/c1-33(2)21-11-13-24(34)22(16-21)28(36)18-6-8-19(9-7-18)30(38)40-26-5-4-14-31-17-23(26)32-29(37)20-10-12-25(35)27(15-20)39-3/h6-13,15-16,23,26,31,34-35H,4-5,14,17H2,1-3H3,(H,32,37)/t23-,26-/m1/s1. The fourth-order valence-electron chi connectivity index (χ4n) is 4.48. The van der Waals surface area contributed by atoms with Gasteiger partial charge < -0.3 is 35.2 Å². The fourth-order valence-corrected chi connectivity index (χ4v) is 4.48. The smallest absolute Gasteiger partial charge is 0.338 e. The minimum Gasteiger partial charge on any atom is -0.507 e. The van der Waals surface area contributed by atoms with Gasteiger partial charge in [-0.2, -0.15) is 0 Å². The number of aromatic hydroxyl groups is 2. The van der Waals surface area contributed by atoms with Gasteiger partial charge in [0.05, 0.1) is 24.3 Å². The third kappa shape index (κ3) is 6.52. The molecule has 0 bridgehead atoms. The first-order chi connectivity index (χ1) is 19.2. The van der Waals surface area contributed by atoms with Gasteiger partial charge in [0.1, 0.15) is 11.9 Å². The summed E-state index contributed by atoms with van der Waals surface area (Å²) in [7, 11) is 5.08. The zero-order valence-electron chi connectivity index (χ0n) is 22.6. The summed E-state index contributed by atoms with van der Waals surface area (Å²) in [4.78, 5) is 40.8. The number of amides is 1. The average molecular weight is 548 g/mol. The van der Waals surface area contributed by atoms with Crippen LogP contribution in [0.3, 0.4) is 0 Å². The van der Waals surface area contributed by atoms with Gasteiger partial charge in [0.25, 0.3) is 5.91 Å². The van der Waals surface area contributed by atoms with E-state index in [1.807, 2.05) is 19.0 Å². The molecule has 3 aromatic rings. The highest BCUT2D eigenvalue weighted by molar-refractivity contribution is 6.11. The Morgan fingerprint density at radius 1 is 0.925 bits per heavy atom. The van der Waals surface area contributed by atoms with Crippen LogP contribution < -0.4 is 20.3 Å². The molecule has 1 aliphatic rings. The Morgan fingerprint density at radius 3 is 2.30 bits per heavy atom. The Bertz CT molecular complexity index is 1390. The maximum atomic E-state index is 13.0. The van der Waals surface area contributed by atoms with E-state index in [0.717, 1.165) is 12.1 Å². The predicted octanol–water partition coefficient (Wildman–Crippen LogP) is 3.11. The molecule has 1 heterocycles. The number of hydrogen-bond acceptors (Lipinski definition) is 9. The number of benzene rings is 3. The van der Waals surface area contributed by atoms with Crippen LogP contribution in [-0.2, 0) is 4.74 Å². The Balaban J connectivity index is 1.45.